The molecule has 0 bridgehead atoms. The number of urea groups is 1. The van der Waals surface area contributed by atoms with E-state index in [1.54, 1.807) is 36.3 Å². The largest absolute Gasteiger partial charge is 0.505 e. The van der Waals surface area contributed by atoms with Crippen molar-refractivity contribution in [2.24, 2.45) is 0 Å². The summed E-state index contributed by atoms with van der Waals surface area (Å²) in [6, 6.07) is 9.47. The molecule has 0 spiro atoms. The molecule has 1 aliphatic heterocycles. The molecule has 9 nitrogen and oxygen atoms in total. The van der Waals surface area contributed by atoms with E-state index in [0.717, 1.165) is 5.69 Å². The number of piperazine rings is 1. The predicted octanol–water partition coefficient (Wildman–Crippen LogP) is 3.96. The lowest BCUT2D eigenvalue weighted by Gasteiger charge is -2.36. The van der Waals surface area contributed by atoms with E-state index in [1.165, 1.54) is 12.1 Å². The van der Waals surface area contributed by atoms with Gasteiger partial charge in [-0.2, -0.15) is 0 Å². The van der Waals surface area contributed by atoms with Crippen molar-refractivity contribution < 1.29 is 19.6 Å². The van der Waals surface area contributed by atoms with Gasteiger partial charge in [0.2, 0.25) is 0 Å². The number of anilines is 2. The molecule has 1 heterocycles. The van der Waals surface area contributed by atoms with Gasteiger partial charge in [0, 0.05) is 55.6 Å². The van der Waals surface area contributed by atoms with Crippen LogP contribution in [0.1, 0.15) is 26.3 Å². The number of carbonyl (C=O) groups is 1. The quantitative estimate of drug-likeness (QED) is 0.434. The van der Waals surface area contributed by atoms with Gasteiger partial charge in [-0.25, -0.2) is 4.79 Å². The van der Waals surface area contributed by atoms with Crippen LogP contribution < -0.4 is 15.0 Å². The zero-order valence-corrected chi connectivity index (χ0v) is 18.2. The van der Waals surface area contributed by atoms with Gasteiger partial charge < -0.3 is 25.0 Å². The lowest BCUT2D eigenvalue weighted by atomic mass is 9.85. The van der Waals surface area contributed by atoms with Crippen molar-refractivity contribution in [2.75, 3.05) is 43.5 Å². The van der Waals surface area contributed by atoms with Crippen LogP contribution in [0.25, 0.3) is 0 Å². The van der Waals surface area contributed by atoms with Gasteiger partial charge in [-0.05, 0) is 23.6 Å². The van der Waals surface area contributed by atoms with Gasteiger partial charge in [-0.15, -0.1) is 0 Å². The number of amides is 2. The third-order valence-electron chi connectivity index (χ3n) is 5.36. The first-order chi connectivity index (χ1) is 14.6. The van der Waals surface area contributed by atoms with Crippen LogP contribution in [0.3, 0.4) is 0 Å². The van der Waals surface area contributed by atoms with E-state index in [4.69, 9.17) is 4.74 Å². The van der Waals surface area contributed by atoms with Gasteiger partial charge in [-0.3, -0.25) is 10.1 Å². The Morgan fingerprint density at radius 3 is 2.26 bits per heavy atom. The topological polar surface area (TPSA) is 108 Å². The number of hydrogen-bond donors (Lipinski definition) is 2. The summed E-state index contributed by atoms with van der Waals surface area (Å²) < 4.78 is 5.33. The van der Waals surface area contributed by atoms with Gasteiger partial charge in [0.25, 0.3) is 5.69 Å². The van der Waals surface area contributed by atoms with Crippen LogP contribution in [-0.4, -0.2) is 54.2 Å². The molecule has 1 saturated heterocycles. The fourth-order valence-corrected chi connectivity index (χ4v) is 3.54. The second-order valence-corrected chi connectivity index (χ2v) is 8.50. The van der Waals surface area contributed by atoms with Crippen LogP contribution in [0.4, 0.5) is 21.9 Å². The lowest BCUT2D eigenvalue weighted by Crippen LogP contribution is -2.50. The number of nitro benzene ring substituents is 1. The molecule has 2 amide bonds. The van der Waals surface area contributed by atoms with Crippen LogP contribution >= 0.6 is 0 Å². The maximum atomic E-state index is 12.8. The molecule has 0 atom stereocenters. The van der Waals surface area contributed by atoms with Crippen LogP contribution in [-0.2, 0) is 5.41 Å². The second kappa shape index (κ2) is 8.71. The molecular formula is C22H28N4O5. The van der Waals surface area contributed by atoms with Crippen LogP contribution in [0.2, 0.25) is 0 Å². The molecule has 0 aliphatic carbocycles. The minimum Gasteiger partial charge on any atom is -0.505 e. The molecular weight excluding hydrogens is 400 g/mol. The highest BCUT2D eigenvalue weighted by Gasteiger charge is 2.25. The number of benzene rings is 2. The number of nitro groups is 1. The lowest BCUT2D eigenvalue weighted by molar-refractivity contribution is -0.384. The maximum Gasteiger partial charge on any atom is 0.322 e. The number of methoxy groups -OCH3 is 1. The van der Waals surface area contributed by atoms with Crippen molar-refractivity contribution in [3.05, 3.63) is 52.1 Å². The summed E-state index contributed by atoms with van der Waals surface area (Å²) in [4.78, 5) is 27.0. The van der Waals surface area contributed by atoms with Crippen LogP contribution in [0.5, 0.6) is 11.5 Å². The standard InChI is InChI=1S/C22H28N4O5/c1-22(2,3)18-13-17(31-4)14-19(20(18)27)23-21(28)25-11-9-24(10-12-25)15-5-7-16(8-6-15)26(29)30/h5-8,13-14,27H,9-12H2,1-4H3,(H,23,28). The van der Waals surface area contributed by atoms with E-state index in [0.29, 0.717) is 43.2 Å². The number of ether oxygens (including phenoxy) is 1. The van der Waals surface area contributed by atoms with Gasteiger partial charge in [0.1, 0.15) is 11.5 Å². The smallest absolute Gasteiger partial charge is 0.322 e. The number of aromatic hydroxyl groups is 1. The van der Waals surface area contributed by atoms with E-state index >= 15 is 0 Å². The third-order valence-corrected chi connectivity index (χ3v) is 5.36. The summed E-state index contributed by atoms with van der Waals surface area (Å²) in [5.74, 6) is 0.590. The minimum atomic E-state index is -0.425. The first-order valence-electron chi connectivity index (χ1n) is 10.1. The molecule has 166 valence electrons. The molecule has 0 unspecified atom stereocenters. The fraction of sp³-hybridized carbons (Fsp3) is 0.409. The molecule has 3 rings (SSSR count). The van der Waals surface area contributed by atoms with E-state index in [-0.39, 0.29) is 22.9 Å². The number of non-ortho nitro benzene ring substituents is 1. The maximum absolute atomic E-state index is 12.8. The van der Waals surface area contributed by atoms with Gasteiger partial charge >= 0.3 is 6.03 Å². The summed E-state index contributed by atoms with van der Waals surface area (Å²) in [5, 5.41) is 24.3. The second-order valence-electron chi connectivity index (χ2n) is 8.50. The predicted molar refractivity (Wildman–Crippen MR) is 119 cm³/mol. The van der Waals surface area contributed by atoms with Gasteiger partial charge in [-0.1, -0.05) is 20.8 Å². The van der Waals surface area contributed by atoms with E-state index in [9.17, 15) is 20.0 Å². The zero-order chi connectivity index (χ0) is 22.8. The molecule has 2 aromatic carbocycles. The molecule has 1 aliphatic rings. The number of nitrogens with one attached hydrogen (secondary N) is 1. The van der Waals surface area contributed by atoms with E-state index < -0.39 is 4.92 Å². The Hall–Kier alpha value is -3.49. The highest BCUT2D eigenvalue weighted by molar-refractivity contribution is 5.92. The average molecular weight is 428 g/mol. The Kier molecular flexibility index (Phi) is 6.24. The number of phenols is 1. The van der Waals surface area contributed by atoms with E-state index in [1.807, 2.05) is 20.8 Å². The third kappa shape index (κ3) is 4.99. The summed E-state index contributed by atoms with van der Waals surface area (Å²) in [6.45, 7) is 8.10. The Balaban J connectivity index is 1.67. The molecule has 0 saturated carbocycles. The molecule has 0 aromatic heterocycles. The molecule has 0 radical (unpaired) electrons. The normalized spacial score (nSPS) is 14.3. The zero-order valence-electron chi connectivity index (χ0n) is 18.2. The van der Waals surface area contributed by atoms with Gasteiger partial charge in [0.05, 0.1) is 17.7 Å². The van der Waals surface area contributed by atoms with Crippen LogP contribution in [0.15, 0.2) is 36.4 Å². The van der Waals surface area contributed by atoms with Gasteiger partial charge in [0.15, 0.2) is 0 Å². The van der Waals surface area contributed by atoms with Crippen molar-refractivity contribution in [3.63, 3.8) is 0 Å². The summed E-state index contributed by atoms with van der Waals surface area (Å²) in [5.41, 5.74) is 1.60. The molecule has 2 N–H and O–H groups in total. The first-order valence-corrected chi connectivity index (χ1v) is 10.1. The minimum absolute atomic E-state index is 0.0335. The van der Waals surface area contributed by atoms with Crippen molar-refractivity contribution in [1.29, 1.82) is 0 Å². The highest BCUT2D eigenvalue weighted by Crippen LogP contribution is 2.39. The SMILES string of the molecule is COc1cc(NC(=O)N2CCN(c3ccc([N+](=O)[O-])cc3)CC2)c(O)c(C(C)(C)C)c1. The number of phenolic OH excluding ortho intramolecular Hbond substituents is 1. The van der Waals surface area contributed by atoms with E-state index in [2.05, 4.69) is 10.2 Å². The highest BCUT2D eigenvalue weighted by atomic mass is 16.6. The van der Waals surface area contributed by atoms with Crippen molar-refractivity contribution in [3.8, 4) is 11.5 Å². The number of rotatable bonds is 4. The molecule has 1 fully saturated rings. The number of hydrogen-bond acceptors (Lipinski definition) is 6. The molecule has 2 aromatic rings. The fourth-order valence-electron chi connectivity index (χ4n) is 3.54. The summed E-state index contributed by atoms with van der Waals surface area (Å²) in [6.07, 6.45) is 0. The number of carbonyl (C=O) groups excluding carboxylic acids is 1. The Labute approximate surface area is 181 Å². The van der Waals surface area contributed by atoms with Crippen LogP contribution in [0, 0.1) is 10.1 Å². The number of nitrogens with zero attached hydrogens (tertiary/aromatic N) is 3. The van der Waals surface area contributed by atoms with Crippen molar-refractivity contribution in [1.82, 2.24) is 4.90 Å². The van der Waals surface area contributed by atoms with Crippen molar-refractivity contribution >= 4 is 23.1 Å². The Bertz CT molecular complexity index is 961. The van der Waals surface area contributed by atoms with Crippen molar-refractivity contribution in [2.45, 2.75) is 26.2 Å². The first kappa shape index (κ1) is 22.2. The monoisotopic (exact) mass is 428 g/mol. The molecule has 9 heteroatoms. The summed E-state index contributed by atoms with van der Waals surface area (Å²) >= 11 is 0. The Morgan fingerprint density at radius 2 is 1.74 bits per heavy atom. The Morgan fingerprint density at radius 1 is 1.13 bits per heavy atom. The average Bonchev–Trinajstić information content (AvgIpc) is 2.74. The molecule has 31 heavy (non-hydrogen) atoms. The summed E-state index contributed by atoms with van der Waals surface area (Å²) in [7, 11) is 1.54.